The van der Waals surface area contributed by atoms with Gasteiger partial charge < -0.3 is 5.32 Å². The lowest BCUT2D eigenvalue weighted by Gasteiger charge is -2.26. The zero-order valence-corrected chi connectivity index (χ0v) is 13.6. The topological polar surface area (TPSA) is 32.3 Å². The monoisotopic (exact) mass is 320 g/mol. The van der Waals surface area contributed by atoms with Crippen LogP contribution in [0.1, 0.15) is 28.6 Å². The third-order valence-corrected chi connectivity index (χ3v) is 5.71. The predicted molar refractivity (Wildman–Crippen MR) is 88.9 cm³/mol. The zero-order valence-electron chi connectivity index (χ0n) is 12.0. The molecule has 0 radical (unpaired) electrons. The molecule has 21 heavy (non-hydrogen) atoms. The van der Waals surface area contributed by atoms with Crippen LogP contribution in [0.3, 0.4) is 0 Å². The van der Waals surface area contributed by atoms with E-state index in [0.717, 1.165) is 18.0 Å². The van der Waals surface area contributed by atoms with Crippen molar-refractivity contribution in [1.29, 1.82) is 0 Å². The molecule has 1 amide bonds. The first-order chi connectivity index (χ1) is 10.3. The highest BCUT2D eigenvalue weighted by Crippen LogP contribution is 2.27. The van der Waals surface area contributed by atoms with Gasteiger partial charge in [0.2, 0.25) is 5.91 Å². The van der Waals surface area contributed by atoms with E-state index in [4.69, 9.17) is 0 Å². The van der Waals surface area contributed by atoms with Crippen LogP contribution in [0.4, 0.5) is 0 Å². The fraction of sp³-hybridized carbons (Fsp3) is 0.438. The Morgan fingerprint density at radius 2 is 1.95 bits per heavy atom. The van der Waals surface area contributed by atoms with E-state index in [1.807, 2.05) is 17.5 Å². The van der Waals surface area contributed by atoms with Gasteiger partial charge in [-0.05, 0) is 48.8 Å². The SMILES string of the molecule is O=C(Cc1cccs1)NCC(c1cccs1)N1CCCC1. The quantitative estimate of drug-likeness (QED) is 0.885. The number of amides is 1. The highest BCUT2D eigenvalue weighted by molar-refractivity contribution is 7.10. The van der Waals surface area contributed by atoms with E-state index < -0.39 is 0 Å². The molecule has 1 fully saturated rings. The molecule has 0 bridgehead atoms. The number of thiophene rings is 2. The molecule has 1 aliphatic heterocycles. The minimum Gasteiger partial charge on any atom is -0.354 e. The van der Waals surface area contributed by atoms with E-state index >= 15 is 0 Å². The Labute approximate surface area is 133 Å². The first-order valence-electron chi connectivity index (χ1n) is 7.39. The van der Waals surface area contributed by atoms with E-state index in [1.165, 1.54) is 17.7 Å². The molecule has 2 aromatic rings. The van der Waals surface area contributed by atoms with Crippen LogP contribution < -0.4 is 5.32 Å². The van der Waals surface area contributed by atoms with E-state index in [1.54, 1.807) is 22.7 Å². The summed E-state index contributed by atoms with van der Waals surface area (Å²) in [6.07, 6.45) is 3.03. The Morgan fingerprint density at radius 1 is 1.19 bits per heavy atom. The molecule has 3 heterocycles. The smallest absolute Gasteiger partial charge is 0.225 e. The van der Waals surface area contributed by atoms with Gasteiger partial charge >= 0.3 is 0 Å². The maximum Gasteiger partial charge on any atom is 0.225 e. The molecular weight excluding hydrogens is 300 g/mol. The maximum absolute atomic E-state index is 12.1. The Hall–Kier alpha value is -1.17. The second-order valence-electron chi connectivity index (χ2n) is 5.33. The van der Waals surface area contributed by atoms with Crippen LogP contribution in [-0.4, -0.2) is 30.4 Å². The predicted octanol–water partition coefficient (Wildman–Crippen LogP) is 3.31. The van der Waals surface area contributed by atoms with E-state index in [-0.39, 0.29) is 5.91 Å². The van der Waals surface area contributed by atoms with Crippen molar-refractivity contribution in [3.8, 4) is 0 Å². The molecule has 1 unspecified atom stereocenters. The highest BCUT2D eigenvalue weighted by Gasteiger charge is 2.24. The lowest BCUT2D eigenvalue weighted by atomic mass is 10.2. The fourth-order valence-electron chi connectivity index (χ4n) is 2.79. The molecule has 1 atom stereocenters. The van der Waals surface area contributed by atoms with Gasteiger partial charge in [-0.2, -0.15) is 0 Å². The summed E-state index contributed by atoms with van der Waals surface area (Å²) < 4.78 is 0. The number of hydrogen-bond donors (Lipinski definition) is 1. The van der Waals surface area contributed by atoms with Gasteiger partial charge in [0.25, 0.3) is 0 Å². The third-order valence-electron chi connectivity index (χ3n) is 3.86. The van der Waals surface area contributed by atoms with E-state index in [2.05, 4.69) is 27.7 Å². The van der Waals surface area contributed by atoms with Gasteiger partial charge in [-0.1, -0.05) is 12.1 Å². The third kappa shape index (κ3) is 3.93. The standard InChI is InChI=1S/C16H20N2OS2/c19-16(11-13-5-3-9-20-13)17-12-14(15-6-4-10-21-15)18-7-1-2-8-18/h3-6,9-10,14H,1-2,7-8,11-12H2,(H,17,19). The van der Waals surface area contributed by atoms with Gasteiger partial charge in [0.1, 0.15) is 0 Å². The number of hydrogen-bond acceptors (Lipinski definition) is 4. The first-order valence-corrected chi connectivity index (χ1v) is 9.15. The summed E-state index contributed by atoms with van der Waals surface area (Å²) in [6.45, 7) is 3.00. The molecule has 1 aliphatic rings. The molecule has 0 spiro atoms. The molecule has 0 aromatic carbocycles. The summed E-state index contributed by atoms with van der Waals surface area (Å²) in [6, 6.07) is 8.61. The molecule has 1 N–H and O–H groups in total. The van der Waals surface area contributed by atoms with Crippen molar-refractivity contribution in [3.05, 3.63) is 44.8 Å². The van der Waals surface area contributed by atoms with Crippen molar-refractivity contribution in [1.82, 2.24) is 10.2 Å². The second kappa shape index (κ2) is 7.20. The first kappa shape index (κ1) is 14.8. The molecule has 112 valence electrons. The highest BCUT2D eigenvalue weighted by atomic mass is 32.1. The normalized spacial score (nSPS) is 17.0. The summed E-state index contributed by atoms with van der Waals surface area (Å²) in [5.74, 6) is 0.123. The maximum atomic E-state index is 12.1. The van der Waals surface area contributed by atoms with E-state index in [0.29, 0.717) is 19.0 Å². The summed E-state index contributed by atoms with van der Waals surface area (Å²) >= 11 is 3.42. The minimum absolute atomic E-state index is 0.123. The van der Waals surface area contributed by atoms with Crippen LogP contribution in [0.15, 0.2) is 35.0 Å². The molecule has 3 rings (SSSR count). The van der Waals surface area contributed by atoms with Crippen molar-refractivity contribution in [2.45, 2.75) is 25.3 Å². The van der Waals surface area contributed by atoms with Crippen molar-refractivity contribution < 1.29 is 4.79 Å². The molecule has 5 heteroatoms. The zero-order chi connectivity index (χ0) is 14.5. The molecule has 1 saturated heterocycles. The molecule has 3 nitrogen and oxygen atoms in total. The molecule has 0 aliphatic carbocycles. The summed E-state index contributed by atoms with van der Waals surface area (Å²) in [4.78, 5) is 17.1. The molecular formula is C16H20N2OS2. The Balaban J connectivity index is 1.58. The number of likely N-dealkylation sites (tertiary alicyclic amines) is 1. The van der Waals surface area contributed by atoms with Crippen LogP contribution in [0.25, 0.3) is 0 Å². The average Bonchev–Trinajstić information content (AvgIpc) is 3.23. The van der Waals surface area contributed by atoms with Crippen LogP contribution in [0.5, 0.6) is 0 Å². The Bertz CT molecular complexity index is 545. The lowest BCUT2D eigenvalue weighted by Crippen LogP contribution is -2.36. The fourth-order valence-corrected chi connectivity index (χ4v) is 4.35. The number of nitrogens with one attached hydrogen (secondary N) is 1. The lowest BCUT2D eigenvalue weighted by molar-refractivity contribution is -0.120. The van der Waals surface area contributed by atoms with Crippen LogP contribution in [0.2, 0.25) is 0 Å². The Kier molecular flexibility index (Phi) is 5.06. The van der Waals surface area contributed by atoms with Crippen molar-refractivity contribution in [2.24, 2.45) is 0 Å². The Morgan fingerprint density at radius 3 is 2.62 bits per heavy atom. The van der Waals surface area contributed by atoms with Crippen LogP contribution in [0, 0.1) is 0 Å². The van der Waals surface area contributed by atoms with Gasteiger partial charge in [-0.3, -0.25) is 9.69 Å². The second-order valence-corrected chi connectivity index (χ2v) is 7.35. The van der Waals surface area contributed by atoms with Gasteiger partial charge in [-0.25, -0.2) is 0 Å². The van der Waals surface area contributed by atoms with Crippen LogP contribution >= 0.6 is 22.7 Å². The number of carbonyl (C=O) groups is 1. The largest absolute Gasteiger partial charge is 0.354 e. The number of nitrogens with zero attached hydrogens (tertiary/aromatic N) is 1. The molecule has 2 aromatic heterocycles. The average molecular weight is 320 g/mol. The van der Waals surface area contributed by atoms with Crippen molar-refractivity contribution >= 4 is 28.6 Å². The van der Waals surface area contributed by atoms with Crippen LogP contribution in [-0.2, 0) is 11.2 Å². The van der Waals surface area contributed by atoms with Gasteiger partial charge in [0.15, 0.2) is 0 Å². The van der Waals surface area contributed by atoms with Gasteiger partial charge in [-0.15, -0.1) is 22.7 Å². The van der Waals surface area contributed by atoms with Gasteiger partial charge in [0, 0.05) is 16.3 Å². The summed E-state index contributed by atoms with van der Waals surface area (Å²) in [5.41, 5.74) is 0. The number of carbonyl (C=O) groups excluding carboxylic acids is 1. The minimum atomic E-state index is 0.123. The van der Waals surface area contributed by atoms with Gasteiger partial charge in [0.05, 0.1) is 12.5 Å². The summed E-state index contributed by atoms with van der Waals surface area (Å²) in [7, 11) is 0. The number of rotatable bonds is 6. The summed E-state index contributed by atoms with van der Waals surface area (Å²) in [5, 5.41) is 7.25. The van der Waals surface area contributed by atoms with Crippen molar-refractivity contribution in [3.63, 3.8) is 0 Å². The molecule has 0 saturated carbocycles. The van der Waals surface area contributed by atoms with Crippen molar-refractivity contribution in [2.75, 3.05) is 19.6 Å². The van der Waals surface area contributed by atoms with E-state index in [9.17, 15) is 4.79 Å².